The first-order valence-corrected chi connectivity index (χ1v) is 11.9. The lowest BCUT2D eigenvalue weighted by molar-refractivity contribution is -0.384. The molecule has 33 heavy (non-hydrogen) atoms. The predicted octanol–water partition coefficient (Wildman–Crippen LogP) is 4.11. The van der Waals surface area contributed by atoms with E-state index in [0.29, 0.717) is 11.7 Å². The van der Waals surface area contributed by atoms with Crippen molar-refractivity contribution in [2.45, 2.75) is 21.9 Å². The SMILES string of the molecule is O=C(CCc1ncc(-c2ccccc2)o1)Nc1ncc(S(=O)(=O)c2ccc([N+](=O)[O-])cc2)s1. The summed E-state index contributed by atoms with van der Waals surface area (Å²) in [6.07, 6.45) is 3.06. The van der Waals surface area contributed by atoms with Gasteiger partial charge in [0.05, 0.1) is 22.2 Å². The first-order valence-electron chi connectivity index (χ1n) is 9.58. The van der Waals surface area contributed by atoms with Crippen LogP contribution in [0.5, 0.6) is 0 Å². The van der Waals surface area contributed by atoms with Crippen LogP contribution in [-0.2, 0) is 21.1 Å². The molecule has 1 N–H and O–H groups in total. The largest absolute Gasteiger partial charge is 0.441 e. The zero-order valence-corrected chi connectivity index (χ0v) is 18.5. The summed E-state index contributed by atoms with van der Waals surface area (Å²) in [4.78, 5) is 30.4. The Hall–Kier alpha value is -3.90. The standard InChI is InChI=1S/C21H16N4O6S2/c26-18(10-11-19-22-12-17(31-19)14-4-2-1-3-5-14)24-21-23-13-20(32-21)33(29,30)16-8-6-15(7-9-16)25(27)28/h1-9,12-13H,10-11H2,(H,23,24,26). The number of aromatic nitrogens is 2. The van der Waals surface area contributed by atoms with Crippen LogP contribution in [0, 0.1) is 10.1 Å². The summed E-state index contributed by atoms with van der Waals surface area (Å²) in [7, 11) is -3.92. The Labute approximate surface area is 192 Å². The third-order valence-corrected chi connectivity index (χ3v) is 7.67. The van der Waals surface area contributed by atoms with Gasteiger partial charge in [-0.15, -0.1) is 0 Å². The Balaban J connectivity index is 1.37. The number of carbonyl (C=O) groups excluding carboxylic acids is 1. The van der Waals surface area contributed by atoms with Gasteiger partial charge < -0.3 is 9.73 Å². The Morgan fingerprint density at radius 3 is 2.48 bits per heavy atom. The Morgan fingerprint density at radius 1 is 1.06 bits per heavy atom. The number of non-ortho nitro benzene ring substituents is 1. The van der Waals surface area contributed by atoms with E-state index < -0.39 is 14.8 Å². The van der Waals surface area contributed by atoms with E-state index in [1.165, 1.54) is 0 Å². The van der Waals surface area contributed by atoms with Crippen molar-refractivity contribution in [2.75, 3.05) is 5.32 Å². The molecule has 0 spiro atoms. The quantitative estimate of drug-likeness (QED) is 0.290. The number of thiazole rings is 1. The van der Waals surface area contributed by atoms with Gasteiger partial charge in [-0.1, -0.05) is 41.7 Å². The first kappa shape index (κ1) is 22.3. The van der Waals surface area contributed by atoms with E-state index >= 15 is 0 Å². The van der Waals surface area contributed by atoms with E-state index in [4.69, 9.17) is 4.42 Å². The molecule has 2 aromatic heterocycles. The first-order chi connectivity index (χ1) is 15.8. The lowest BCUT2D eigenvalue weighted by Crippen LogP contribution is -2.12. The number of sulfone groups is 1. The fourth-order valence-electron chi connectivity index (χ4n) is 2.87. The molecule has 2 aromatic carbocycles. The number of benzene rings is 2. The average molecular weight is 485 g/mol. The molecule has 168 valence electrons. The van der Waals surface area contributed by atoms with Crippen LogP contribution < -0.4 is 5.32 Å². The lowest BCUT2D eigenvalue weighted by atomic mass is 10.2. The van der Waals surface area contributed by atoms with Gasteiger partial charge in [0.2, 0.25) is 15.7 Å². The third kappa shape index (κ3) is 5.13. The number of amides is 1. The minimum atomic E-state index is -3.92. The number of hydrogen-bond acceptors (Lipinski definition) is 9. The monoisotopic (exact) mass is 484 g/mol. The van der Waals surface area contributed by atoms with Crippen LogP contribution in [-0.4, -0.2) is 29.2 Å². The number of aryl methyl sites for hydroxylation is 1. The van der Waals surface area contributed by atoms with E-state index in [1.54, 1.807) is 6.20 Å². The number of nitrogens with one attached hydrogen (secondary N) is 1. The topological polar surface area (TPSA) is 145 Å². The van der Waals surface area contributed by atoms with Gasteiger partial charge in [0, 0.05) is 30.5 Å². The molecule has 10 nitrogen and oxygen atoms in total. The van der Waals surface area contributed by atoms with E-state index in [1.807, 2.05) is 30.3 Å². The fourth-order valence-corrected chi connectivity index (χ4v) is 5.32. The average Bonchev–Trinajstić information content (AvgIpc) is 3.48. The number of nitro benzene ring substituents is 1. The van der Waals surface area contributed by atoms with Gasteiger partial charge in [-0.25, -0.2) is 18.4 Å². The van der Waals surface area contributed by atoms with Crippen LogP contribution in [0.3, 0.4) is 0 Å². The van der Waals surface area contributed by atoms with Gasteiger partial charge in [0.15, 0.2) is 16.8 Å². The van der Waals surface area contributed by atoms with Crippen LogP contribution >= 0.6 is 11.3 Å². The molecular weight excluding hydrogens is 468 g/mol. The second kappa shape index (κ2) is 9.30. The summed E-state index contributed by atoms with van der Waals surface area (Å²) < 4.78 is 31.0. The molecule has 0 bridgehead atoms. The molecule has 1 amide bonds. The summed E-state index contributed by atoms with van der Waals surface area (Å²) >= 11 is 0.793. The van der Waals surface area contributed by atoms with Crippen LogP contribution in [0.4, 0.5) is 10.8 Å². The van der Waals surface area contributed by atoms with Crippen molar-refractivity contribution in [1.29, 1.82) is 0 Å². The maximum atomic E-state index is 12.7. The molecule has 0 fully saturated rings. The Bertz CT molecular complexity index is 1400. The summed E-state index contributed by atoms with van der Waals surface area (Å²) in [6.45, 7) is 0. The number of nitrogens with zero attached hydrogens (tertiary/aromatic N) is 3. The number of oxazole rings is 1. The van der Waals surface area contributed by atoms with Gasteiger partial charge in [-0.3, -0.25) is 14.9 Å². The minimum absolute atomic E-state index is 0.0682. The van der Waals surface area contributed by atoms with Crippen LogP contribution in [0.25, 0.3) is 11.3 Å². The van der Waals surface area contributed by atoms with Crippen molar-refractivity contribution >= 4 is 37.9 Å². The van der Waals surface area contributed by atoms with Gasteiger partial charge in [0.25, 0.3) is 5.69 Å². The molecule has 0 saturated carbocycles. The molecule has 4 aromatic rings. The molecule has 0 aliphatic rings. The molecule has 4 rings (SSSR count). The smallest absolute Gasteiger partial charge is 0.269 e. The second-order valence-corrected chi connectivity index (χ2v) is 9.98. The molecule has 2 heterocycles. The number of hydrogen-bond donors (Lipinski definition) is 1. The summed E-state index contributed by atoms with van der Waals surface area (Å²) in [5, 5.41) is 13.4. The van der Waals surface area contributed by atoms with Gasteiger partial charge in [-0.2, -0.15) is 0 Å². The van der Waals surface area contributed by atoms with Gasteiger partial charge in [0.1, 0.15) is 4.21 Å². The zero-order valence-electron chi connectivity index (χ0n) is 16.9. The fraction of sp³-hybridized carbons (Fsp3) is 0.0952. The van der Waals surface area contributed by atoms with E-state index in [2.05, 4.69) is 15.3 Å². The predicted molar refractivity (Wildman–Crippen MR) is 120 cm³/mol. The van der Waals surface area contributed by atoms with E-state index in [0.717, 1.165) is 47.4 Å². The highest BCUT2D eigenvalue weighted by atomic mass is 32.2. The summed E-state index contributed by atoms with van der Waals surface area (Å²) in [6, 6.07) is 14.0. The van der Waals surface area contributed by atoms with Gasteiger partial charge >= 0.3 is 0 Å². The van der Waals surface area contributed by atoms with Crippen LogP contribution in [0.1, 0.15) is 12.3 Å². The summed E-state index contributed by atoms with van der Waals surface area (Å²) in [5.41, 5.74) is 0.665. The highest BCUT2D eigenvalue weighted by Crippen LogP contribution is 2.29. The lowest BCUT2D eigenvalue weighted by Gasteiger charge is -2.01. The minimum Gasteiger partial charge on any atom is -0.441 e. The Kier molecular flexibility index (Phi) is 6.29. The molecule has 0 saturated heterocycles. The number of anilines is 1. The molecule has 0 aliphatic heterocycles. The molecule has 0 radical (unpaired) electrons. The van der Waals surface area contributed by atoms with Crippen molar-refractivity contribution < 1.29 is 22.6 Å². The van der Waals surface area contributed by atoms with Crippen molar-refractivity contribution in [3.05, 3.63) is 83.0 Å². The van der Waals surface area contributed by atoms with Crippen molar-refractivity contribution in [3.8, 4) is 11.3 Å². The maximum Gasteiger partial charge on any atom is 0.269 e. The molecule has 0 aliphatic carbocycles. The number of carbonyl (C=O) groups is 1. The van der Waals surface area contributed by atoms with Crippen molar-refractivity contribution in [3.63, 3.8) is 0 Å². The summed E-state index contributed by atoms with van der Waals surface area (Å²) in [5.74, 6) is 0.639. The van der Waals surface area contributed by atoms with Crippen LogP contribution in [0.15, 0.2) is 80.5 Å². The molecule has 12 heteroatoms. The third-order valence-electron chi connectivity index (χ3n) is 4.53. The van der Waals surface area contributed by atoms with E-state index in [9.17, 15) is 23.3 Å². The van der Waals surface area contributed by atoms with Gasteiger partial charge in [-0.05, 0) is 12.1 Å². The number of nitro groups is 1. The Morgan fingerprint density at radius 2 is 1.79 bits per heavy atom. The molecular formula is C21H16N4O6S2. The van der Waals surface area contributed by atoms with Crippen molar-refractivity contribution in [2.24, 2.45) is 0 Å². The molecule has 0 unspecified atom stereocenters. The van der Waals surface area contributed by atoms with Crippen molar-refractivity contribution in [1.82, 2.24) is 9.97 Å². The van der Waals surface area contributed by atoms with E-state index in [-0.39, 0.29) is 38.7 Å². The normalized spacial score (nSPS) is 11.3. The highest BCUT2D eigenvalue weighted by Gasteiger charge is 2.22. The van der Waals surface area contributed by atoms with Crippen LogP contribution in [0.2, 0.25) is 0 Å². The molecule has 0 atom stereocenters. The highest BCUT2D eigenvalue weighted by molar-refractivity contribution is 7.93. The second-order valence-electron chi connectivity index (χ2n) is 6.77. The maximum absolute atomic E-state index is 12.7. The zero-order chi connectivity index (χ0) is 23.4. The number of rotatable bonds is 8.